The first-order chi connectivity index (χ1) is 10.5. The Balaban J connectivity index is 1.95. The van der Waals surface area contributed by atoms with Crippen LogP contribution in [0.2, 0.25) is 0 Å². The van der Waals surface area contributed by atoms with E-state index in [1.807, 2.05) is 37.3 Å². The van der Waals surface area contributed by atoms with Crippen LogP contribution in [-0.4, -0.2) is 12.6 Å². The van der Waals surface area contributed by atoms with Crippen molar-refractivity contribution in [3.05, 3.63) is 56.5 Å². The van der Waals surface area contributed by atoms with Gasteiger partial charge in [0.1, 0.15) is 11.5 Å². The van der Waals surface area contributed by atoms with Gasteiger partial charge in [-0.3, -0.25) is 0 Å². The first-order valence-corrected chi connectivity index (χ1v) is 8.46. The lowest BCUT2D eigenvalue weighted by Crippen LogP contribution is -2.18. The predicted molar refractivity (Wildman–Crippen MR) is 93.5 cm³/mol. The van der Waals surface area contributed by atoms with E-state index in [2.05, 4.69) is 38.8 Å². The van der Waals surface area contributed by atoms with Gasteiger partial charge < -0.3 is 9.47 Å². The molecule has 5 heteroatoms. The molecule has 0 aliphatic heterocycles. The highest BCUT2D eigenvalue weighted by atomic mass is 79.9. The van der Waals surface area contributed by atoms with Crippen molar-refractivity contribution >= 4 is 37.8 Å². The lowest BCUT2D eigenvalue weighted by molar-refractivity contribution is -0.136. The van der Waals surface area contributed by atoms with Crippen molar-refractivity contribution in [2.24, 2.45) is 0 Å². The first-order valence-electron chi connectivity index (χ1n) is 6.87. The van der Waals surface area contributed by atoms with E-state index in [9.17, 15) is 4.79 Å². The number of hydrogen-bond donors (Lipinski definition) is 0. The highest BCUT2D eigenvalue weighted by Gasteiger charge is 2.10. The SMILES string of the molecule is CCc1ccc(OC(=O)COc2ccc(C)cc2Br)c(Br)c1. The van der Waals surface area contributed by atoms with Gasteiger partial charge in [-0.05, 0) is 80.6 Å². The van der Waals surface area contributed by atoms with E-state index in [0.29, 0.717) is 11.5 Å². The molecular weight excluding hydrogens is 412 g/mol. The summed E-state index contributed by atoms with van der Waals surface area (Å²) in [5, 5.41) is 0. The fourth-order valence-corrected chi connectivity index (χ4v) is 2.97. The van der Waals surface area contributed by atoms with Gasteiger partial charge in [-0.1, -0.05) is 19.1 Å². The van der Waals surface area contributed by atoms with Gasteiger partial charge in [-0.15, -0.1) is 0 Å². The van der Waals surface area contributed by atoms with E-state index in [4.69, 9.17) is 9.47 Å². The summed E-state index contributed by atoms with van der Waals surface area (Å²) in [5.41, 5.74) is 2.29. The van der Waals surface area contributed by atoms with Gasteiger partial charge in [0.15, 0.2) is 6.61 Å². The van der Waals surface area contributed by atoms with Crippen molar-refractivity contribution in [2.45, 2.75) is 20.3 Å². The molecule has 2 aromatic carbocycles. The second kappa shape index (κ2) is 7.79. The van der Waals surface area contributed by atoms with Gasteiger partial charge in [0.05, 0.1) is 8.95 Å². The minimum absolute atomic E-state index is 0.149. The highest BCUT2D eigenvalue weighted by molar-refractivity contribution is 9.10. The standard InChI is InChI=1S/C17H16Br2O3/c1-3-12-5-7-16(14(19)9-12)22-17(20)10-21-15-6-4-11(2)8-13(15)18/h4-9H,3,10H2,1-2H3. The fraction of sp³-hybridized carbons (Fsp3) is 0.235. The molecule has 0 heterocycles. The fourth-order valence-electron chi connectivity index (χ4n) is 1.86. The Bertz CT molecular complexity index is 684. The number of carbonyl (C=O) groups is 1. The number of carbonyl (C=O) groups excluding carboxylic acids is 1. The summed E-state index contributed by atoms with van der Waals surface area (Å²) in [4.78, 5) is 11.9. The van der Waals surface area contributed by atoms with E-state index in [1.54, 1.807) is 6.07 Å². The van der Waals surface area contributed by atoms with E-state index >= 15 is 0 Å². The molecule has 0 amide bonds. The molecule has 0 bridgehead atoms. The van der Waals surface area contributed by atoms with E-state index in [-0.39, 0.29) is 6.61 Å². The normalized spacial score (nSPS) is 10.4. The number of aryl methyl sites for hydroxylation is 2. The molecule has 0 aliphatic rings. The molecule has 0 spiro atoms. The number of halogens is 2. The predicted octanol–water partition coefficient (Wildman–Crippen LogP) is 5.07. The summed E-state index contributed by atoms with van der Waals surface area (Å²) in [6.45, 7) is 3.91. The maximum atomic E-state index is 11.9. The molecule has 0 atom stereocenters. The average molecular weight is 428 g/mol. The zero-order valence-electron chi connectivity index (χ0n) is 12.4. The molecule has 0 aliphatic carbocycles. The molecule has 3 nitrogen and oxygen atoms in total. The molecule has 0 saturated carbocycles. The molecule has 0 N–H and O–H groups in total. The third-order valence-electron chi connectivity index (χ3n) is 3.06. The van der Waals surface area contributed by atoms with E-state index < -0.39 is 5.97 Å². The number of ether oxygens (including phenoxy) is 2. The summed E-state index contributed by atoms with van der Waals surface area (Å²) in [7, 11) is 0. The van der Waals surface area contributed by atoms with Crippen molar-refractivity contribution < 1.29 is 14.3 Å². The van der Waals surface area contributed by atoms with Gasteiger partial charge in [0.25, 0.3) is 0 Å². The van der Waals surface area contributed by atoms with Crippen LogP contribution in [0.25, 0.3) is 0 Å². The molecular formula is C17H16Br2O3. The summed E-state index contributed by atoms with van der Waals surface area (Å²) >= 11 is 6.81. The van der Waals surface area contributed by atoms with Crippen LogP contribution < -0.4 is 9.47 Å². The van der Waals surface area contributed by atoms with Gasteiger partial charge in [0.2, 0.25) is 0 Å². The second-order valence-electron chi connectivity index (χ2n) is 4.81. The number of hydrogen-bond acceptors (Lipinski definition) is 3. The van der Waals surface area contributed by atoms with Crippen molar-refractivity contribution in [1.82, 2.24) is 0 Å². The van der Waals surface area contributed by atoms with Crippen LogP contribution in [0.4, 0.5) is 0 Å². The topological polar surface area (TPSA) is 35.5 Å². The zero-order valence-corrected chi connectivity index (χ0v) is 15.5. The average Bonchev–Trinajstić information content (AvgIpc) is 2.48. The molecule has 0 saturated heterocycles. The summed E-state index contributed by atoms with van der Waals surface area (Å²) in [6, 6.07) is 11.3. The van der Waals surface area contributed by atoms with Crippen molar-refractivity contribution in [1.29, 1.82) is 0 Å². The largest absolute Gasteiger partial charge is 0.481 e. The summed E-state index contributed by atoms with van der Waals surface area (Å²) in [5.74, 6) is 0.661. The zero-order chi connectivity index (χ0) is 16.1. The highest BCUT2D eigenvalue weighted by Crippen LogP contribution is 2.27. The van der Waals surface area contributed by atoms with Crippen molar-refractivity contribution in [3.8, 4) is 11.5 Å². The van der Waals surface area contributed by atoms with E-state index in [1.165, 1.54) is 5.56 Å². The maximum absolute atomic E-state index is 11.9. The molecule has 0 unspecified atom stereocenters. The van der Waals surface area contributed by atoms with Crippen molar-refractivity contribution in [2.75, 3.05) is 6.61 Å². The van der Waals surface area contributed by atoms with Crippen LogP contribution in [0.15, 0.2) is 45.3 Å². The van der Waals surface area contributed by atoms with E-state index in [0.717, 1.165) is 20.9 Å². The molecule has 0 fully saturated rings. The van der Waals surface area contributed by atoms with Crippen LogP contribution in [0.3, 0.4) is 0 Å². The van der Waals surface area contributed by atoms with Gasteiger partial charge in [0, 0.05) is 0 Å². The summed E-state index contributed by atoms with van der Waals surface area (Å²) in [6.07, 6.45) is 0.928. The van der Waals surface area contributed by atoms with Gasteiger partial charge in [-0.25, -0.2) is 4.79 Å². The molecule has 116 valence electrons. The van der Waals surface area contributed by atoms with Crippen molar-refractivity contribution in [3.63, 3.8) is 0 Å². The number of rotatable bonds is 5. The minimum Gasteiger partial charge on any atom is -0.481 e. The van der Waals surface area contributed by atoms with Crippen LogP contribution >= 0.6 is 31.9 Å². The lowest BCUT2D eigenvalue weighted by atomic mass is 10.2. The van der Waals surface area contributed by atoms with Crippen LogP contribution in [0.1, 0.15) is 18.1 Å². The third-order valence-corrected chi connectivity index (χ3v) is 4.30. The molecule has 2 aromatic rings. The van der Waals surface area contributed by atoms with Gasteiger partial charge >= 0.3 is 5.97 Å². The Morgan fingerprint density at radius 2 is 1.73 bits per heavy atom. The third kappa shape index (κ3) is 4.58. The Morgan fingerprint density at radius 3 is 2.36 bits per heavy atom. The van der Waals surface area contributed by atoms with Crippen LogP contribution in [-0.2, 0) is 11.2 Å². The second-order valence-corrected chi connectivity index (χ2v) is 6.52. The van der Waals surface area contributed by atoms with Gasteiger partial charge in [-0.2, -0.15) is 0 Å². The molecule has 22 heavy (non-hydrogen) atoms. The Hall–Kier alpha value is -1.33. The minimum atomic E-state index is -0.447. The molecule has 0 radical (unpaired) electrons. The Labute approximate surface area is 146 Å². The first kappa shape index (κ1) is 17.0. The monoisotopic (exact) mass is 426 g/mol. The Kier molecular flexibility index (Phi) is 6.03. The molecule has 0 aromatic heterocycles. The quantitative estimate of drug-likeness (QED) is 0.493. The maximum Gasteiger partial charge on any atom is 0.349 e. The van der Waals surface area contributed by atoms with Crippen LogP contribution in [0.5, 0.6) is 11.5 Å². The Morgan fingerprint density at radius 1 is 1.05 bits per heavy atom. The lowest BCUT2D eigenvalue weighted by Gasteiger charge is -2.10. The number of benzene rings is 2. The smallest absolute Gasteiger partial charge is 0.349 e. The van der Waals surface area contributed by atoms with Crippen LogP contribution in [0, 0.1) is 6.92 Å². The summed E-state index contributed by atoms with van der Waals surface area (Å²) < 4.78 is 12.4. The number of esters is 1. The molecule has 2 rings (SSSR count).